The number of hydrogen-bond donors (Lipinski definition) is 2. The first kappa shape index (κ1) is 11.0. The summed E-state index contributed by atoms with van der Waals surface area (Å²) < 4.78 is 4.87. The number of benzene rings is 1. The molecule has 0 aromatic heterocycles. The zero-order valence-corrected chi connectivity index (χ0v) is 8.10. The van der Waals surface area contributed by atoms with E-state index in [-0.39, 0.29) is 13.2 Å². The van der Waals surface area contributed by atoms with Gasteiger partial charge in [0.2, 0.25) is 0 Å². The first-order chi connectivity index (χ1) is 7.18. The highest BCUT2D eigenvalue weighted by molar-refractivity contribution is 5.79. The number of urea groups is 1. The van der Waals surface area contributed by atoms with E-state index < -0.39 is 12.0 Å². The van der Waals surface area contributed by atoms with Gasteiger partial charge in [0, 0.05) is 0 Å². The predicted octanol–water partition coefficient (Wildman–Crippen LogP) is 0.398. The molecule has 15 heavy (non-hydrogen) atoms. The molecule has 1 rings (SSSR count). The zero-order valence-electron chi connectivity index (χ0n) is 8.10. The molecule has 0 aliphatic rings. The van der Waals surface area contributed by atoms with E-state index in [0.717, 1.165) is 5.56 Å². The van der Waals surface area contributed by atoms with E-state index in [1.165, 1.54) is 0 Å². The predicted molar refractivity (Wildman–Crippen MR) is 53.8 cm³/mol. The standard InChI is InChI=1S/C10H12N2O3/c11-10(14)12-6-9(13)15-7-8-4-2-1-3-5-8/h1-5H,6-7H2,(H3,11,12,14). The summed E-state index contributed by atoms with van der Waals surface area (Å²) in [5.74, 6) is -0.516. The largest absolute Gasteiger partial charge is 0.460 e. The molecule has 1 aromatic carbocycles. The summed E-state index contributed by atoms with van der Waals surface area (Å²) >= 11 is 0. The molecular formula is C10H12N2O3. The molecule has 5 heteroatoms. The molecule has 0 aliphatic heterocycles. The van der Waals surface area contributed by atoms with Crippen LogP contribution in [-0.4, -0.2) is 18.5 Å². The van der Waals surface area contributed by atoms with Gasteiger partial charge in [0.1, 0.15) is 13.2 Å². The molecule has 2 amide bonds. The molecular weight excluding hydrogens is 196 g/mol. The van der Waals surface area contributed by atoms with E-state index in [1.807, 2.05) is 30.3 Å². The van der Waals surface area contributed by atoms with E-state index in [4.69, 9.17) is 10.5 Å². The number of carbonyl (C=O) groups is 2. The number of nitrogens with one attached hydrogen (secondary N) is 1. The minimum atomic E-state index is -0.744. The SMILES string of the molecule is NC(=O)NCC(=O)OCc1ccccc1. The molecule has 0 saturated carbocycles. The van der Waals surface area contributed by atoms with Crippen molar-refractivity contribution in [1.82, 2.24) is 5.32 Å². The van der Waals surface area contributed by atoms with Gasteiger partial charge in [-0.2, -0.15) is 0 Å². The monoisotopic (exact) mass is 208 g/mol. The minimum absolute atomic E-state index is 0.195. The molecule has 0 heterocycles. The Morgan fingerprint density at radius 1 is 1.27 bits per heavy atom. The lowest BCUT2D eigenvalue weighted by Gasteiger charge is -2.04. The van der Waals surface area contributed by atoms with Crippen LogP contribution in [0, 0.1) is 0 Å². The molecule has 0 unspecified atom stereocenters. The molecule has 0 saturated heterocycles. The molecule has 0 fully saturated rings. The molecule has 0 spiro atoms. The van der Waals surface area contributed by atoms with Gasteiger partial charge in [0.25, 0.3) is 0 Å². The normalized spacial score (nSPS) is 9.33. The Labute approximate surface area is 87.2 Å². The number of rotatable bonds is 4. The van der Waals surface area contributed by atoms with Crippen LogP contribution in [0.3, 0.4) is 0 Å². The van der Waals surface area contributed by atoms with Crippen molar-refractivity contribution >= 4 is 12.0 Å². The van der Waals surface area contributed by atoms with Crippen LogP contribution < -0.4 is 11.1 Å². The van der Waals surface area contributed by atoms with Crippen LogP contribution in [0.15, 0.2) is 30.3 Å². The van der Waals surface area contributed by atoms with Gasteiger partial charge in [-0.3, -0.25) is 4.79 Å². The first-order valence-electron chi connectivity index (χ1n) is 4.41. The fourth-order valence-electron chi connectivity index (χ4n) is 0.948. The Hall–Kier alpha value is -2.04. The van der Waals surface area contributed by atoms with Gasteiger partial charge in [0.05, 0.1) is 0 Å². The van der Waals surface area contributed by atoms with E-state index in [2.05, 4.69) is 5.32 Å². The van der Waals surface area contributed by atoms with Crippen molar-refractivity contribution in [1.29, 1.82) is 0 Å². The van der Waals surface area contributed by atoms with Crippen molar-refractivity contribution in [3.8, 4) is 0 Å². The lowest BCUT2D eigenvalue weighted by molar-refractivity contribution is -0.143. The number of hydrogen-bond acceptors (Lipinski definition) is 3. The smallest absolute Gasteiger partial charge is 0.325 e. The summed E-state index contributed by atoms with van der Waals surface area (Å²) in [7, 11) is 0. The maximum Gasteiger partial charge on any atom is 0.325 e. The van der Waals surface area contributed by atoms with Crippen LogP contribution in [0.25, 0.3) is 0 Å². The second kappa shape index (κ2) is 5.64. The average Bonchev–Trinajstić information content (AvgIpc) is 2.25. The van der Waals surface area contributed by atoms with Crippen molar-refractivity contribution < 1.29 is 14.3 Å². The van der Waals surface area contributed by atoms with Crippen LogP contribution >= 0.6 is 0 Å². The van der Waals surface area contributed by atoms with Crippen LogP contribution in [0.2, 0.25) is 0 Å². The van der Waals surface area contributed by atoms with Gasteiger partial charge < -0.3 is 15.8 Å². The number of nitrogens with two attached hydrogens (primary N) is 1. The summed E-state index contributed by atoms with van der Waals surface area (Å²) in [6.07, 6.45) is 0. The average molecular weight is 208 g/mol. The molecule has 0 atom stereocenters. The highest BCUT2D eigenvalue weighted by Gasteiger charge is 2.03. The Bertz CT molecular complexity index is 338. The van der Waals surface area contributed by atoms with E-state index in [9.17, 15) is 9.59 Å². The van der Waals surface area contributed by atoms with Gasteiger partial charge in [-0.1, -0.05) is 30.3 Å². The molecule has 0 aliphatic carbocycles. The lowest BCUT2D eigenvalue weighted by Crippen LogP contribution is -2.34. The fourth-order valence-corrected chi connectivity index (χ4v) is 0.948. The van der Waals surface area contributed by atoms with E-state index >= 15 is 0 Å². The summed E-state index contributed by atoms with van der Waals surface area (Å²) in [6.45, 7) is -0.0116. The molecule has 0 bridgehead atoms. The van der Waals surface area contributed by atoms with Gasteiger partial charge in [-0.05, 0) is 5.56 Å². The Balaban J connectivity index is 2.26. The van der Waals surface area contributed by atoms with Crippen molar-refractivity contribution in [2.45, 2.75) is 6.61 Å². The molecule has 80 valence electrons. The maximum atomic E-state index is 11.0. The third-order valence-electron chi connectivity index (χ3n) is 1.65. The minimum Gasteiger partial charge on any atom is -0.460 e. The number of amides is 2. The third-order valence-corrected chi connectivity index (χ3v) is 1.65. The molecule has 0 radical (unpaired) electrons. The number of esters is 1. The van der Waals surface area contributed by atoms with Crippen LogP contribution in [0.1, 0.15) is 5.56 Å². The summed E-state index contributed by atoms with van der Waals surface area (Å²) in [4.78, 5) is 21.3. The molecule has 5 nitrogen and oxygen atoms in total. The quantitative estimate of drug-likeness (QED) is 0.702. The third kappa shape index (κ3) is 4.66. The van der Waals surface area contributed by atoms with Crippen molar-refractivity contribution in [2.75, 3.05) is 6.54 Å². The zero-order chi connectivity index (χ0) is 11.1. The van der Waals surface area contributed by atoms with Gasteiger partial charge in [0.15, 0.2) is 0 Å². The maximum absolute atomic E-state index is 11.0. The van der Waals surface area contributed by atoms with Crippen LogP contribution in [-0.2, 0) is 16.1 Å². The second-order valence-corrected chi connectivity index (χ2v) is 2.86. The lowest BCUT2D eigenvalue weighted by atomic mass is 10.2. The number of primary amides is 1. The van der Waals surface area contributed by atoms with Gasteiger partial charge in [-0.15, -0.1) is 0 Å². The number of carbonyl (C=O) groups excluding carboxylic acids is 2. The van der Waals surface area contributed by atoms with Crippen molar-refractivity contribution in [3.05, 3.63) is 35.9 Å². The Kier molecular flexibility index (Phi) is 4.15. The van der Waals surface area contributed by atoms with Gasteiger partial charge >= 0.3 is 12.0 Å². The summed E-state index contributed by atoms with van der Waals surface area (Å²) in [5.41, 5.74) is 5.68. The number of ether oxygens (including phenoxy) is 1. The van der Waals surface area contributed by atoms with E-state index in [1.54, 1.807) is 0 Å². The Morgan fingerprint density at radius 3 is 2.53 bits per heavy atom. The van der Waals surface area contributed by atoms with Crippen molar-refractivity contribution in [2.24, 2.45) is 5.73 Å². The molecule has 1 aromatic rings. The van der Waals surface area contributed by atoms with E-state index in [0.29, 0.717) is 0 Å². The van der Waals surface area contributed by atoms with Crippen LogP contribution in [0.4, 0.5) is 4.79 Å². The topological polar surface area (TPSA) is 81.4 Å². The highest BCUT2D eigenvalue weighted by atomic mass is 16.5. The van der Waals surface area contributed by atoms with Crippen molar-refractivity contribution in [3.63, 3.8) is 0 Å². The van der Waals surface area contributed by atoms with Gasteiger partial charge in [-0.25, -0.2) is 4.79 Å². The molecule has 3 N–H and O–H groups in total. The Morgan fingerprint density at radius 2 is 1.93 bits per heavy atom. The highest BCUT2D eigenvalue weighted by Crippen LogP contribution is 2.00. The fraction of sp³-hybridized carbons (Fsp3) is 0.200. The summed E-state index contributed by atoms with van der Waals surface area (Å²) in [6, 6.07) is 8.52. The second-order valence-electron chi connectivity index (χ2n) is 2.86. The summed E-state index contributed by atoms with van der Waals surface area (Å²) in [5, 5.41) is 2.15. The van der Waals surface area contributed by atoms with Crippen LogP contribution in [0.5, 0.6) is 0 Å². The first-order valence-corrected chi connectivity index (χ1v) is 4.41.